The normalized spacial score (nSPS) is 20.3. The van der Waals surface area contributed by atoms with E-state index in [1.54, 1.807) is 0 Å². The zero-order valence-corrected chi connectivity index (χ0v) is 16.3. The highest BCUT2D eigenvalue weighted by atomic mass is 32.2. The third kappa shape index (κ3) is 4.63. The zero-order chi connectivity index (χ0) is 22.1. The van der Waals surface area contributed by atoms with Gasteiger partial charge in [0.2, 0.25) is 10.0 Å². The molecular weight excluding hydrogens is 428 g/mol. The van der Waals surface area contributed by atoms with Crippen molar-refractivity contribution in [3.63, 3.8) is 0 Å². The van der Waals surface area contributed by atoms with Gasteiger partial charge in [-0.25, -0.2) is 26.0 Å². The van der Waals surface area contributed by atoms with Crippen LogP contribution in [0.25, 0.3) is 0 Å². The first-order chi connectivity index (χ1) is 14.1. The summed E-state index contributed by atoms with van der Waals surface area (Å²) in [6.07, 6.45) is -6.08. The number of amides is 1. The summed E-state index contributed by atoms with van der Waals surface area (Å²) in [5, 5.41) is 11.8. The second kappa shape index (κ2) is 8.70. The molecule has 11 heteroatoms. The van der Waals surface area contributed by atoms with Crippen LogP contribution >= 0.6 is 0 Å². The van der Waals surface area contributed by atoms with Crippen molar-refractivity contribution >= 4 is 21.6 Å². The Hall–Kier alpha value is -2.50. The molecule has 2 atom stereocenters. The predicted molar refractivity (Wildman–Crippen MR) is 100 cm³/mol. The maximum Gasteiger partial charge on any atom is 0.266 e. The number of halogens is 4. The molecule has 1 saturated heterocycles. The van der Waals surface area contributed by atoms with E-state index in [0.29, 0.717) is 0 Å². The summed E-state index contributed by atoms with van der Waals surface area (Å²) < 4.78 is 79.1. The fourth-order valence-electron chi connectivity index (χ4n) is 3.02. The molecule has 2 unspecified atom stereocenters. The van der Waals surface area contributed by atoms with E-state index in [0.717, 1.165) is 28.6 Å². The highest BCUT2D eigenvalue weighted by molar-refractivity contribution is 7.89. The van der Waals surface area contributed by atoms with E-state index in [1.807, 2.05) is 0 Å². The molecule has 0 bridgehead atoms. The average molecular weight is 446 g/mol. The van der Waals surface area contributed by atoms with Gasteiger partial charge in [0.1, 0.15) is 12.0 Å². The molecule has 30 heavy (non-hydrogen) atoms. The molecule has 1 aliphatic rings. The number of sulfonamides is 1. The molecule has 1 fully saturated rings. The lowest BCUT2D eigenvalue weighted by Gasteiger charge is -2.31. The number of carbonyl (C=O) groups is 1. The molecule has 0 spiro atoms. The van der Waals surface area contributed by atoms with E-state index < -0.39 is 52.6 Å². The van der Waals surface area contributed by atoms with Crippen molar-refractivity contribution in [2.24, 2.45) is 0 Å². The number of rotatable bonds is 5. The molecule has 3 rings (SSSR count). The lowest BCUT2D eigenvalue weighted by atomic mass is 10.1. The van der Waals surface area contributed by atoms with E-state index in [-0.39, 0.29) is 29.1 Å². The fourth-order valence-corrected chi connectivity index (χ4v) is 4.53. The Balaban J connectivity index is 1.81. The molecule has 2 N–H and O–H groups in total. The van der Waals surface area contributed by atoms with Crippen molar-refractivity contribution < 1.29 is 35.9 Å². The van der Waals surface area contributed by atoms with Crippen LogP contribution in [0.15, 0.2) is 47.4 Å². The molecule has 2 aromatic carbocycles. The van der Waals surface area contributed by atoms with Gasteiger partial charge in [-0.15, -0.1) is 0 Å². The van der Waals surface area contributed by atoms with E-state index in [4.69, 9.17) is 0 Å². The Kier molecular flexibility index (Phi) is 6.44. The minimum atomic E-state index is -4.12. The number of nitrogens with zero attached hydrogens (tertiary/aromatic N) is 1. The number of hydrogen-bond acceptors (Lipinski definition) is 4. The summed E-state index contributed by atoms with van der Waals surface area (Å²) in [5.74, 6) is -1.91. The monoisotopic (exact) mass is 446 g/mol. The zero-order valence-electron chi connectivity index (χ0n) is 15.4. The van der Waals surface area contributed by atoms with Crippen LogP contribution in [0.1, 0.15) is 28.8 Å². The van der Waals surface area contributed by atoms with Crippen molar-refractivity contribution in [1.82, 2.24) is 4.31 Å². The van der Waals surface area contributed by atoms with Gasteiger partial charge in [0.15, 0.2) is 0 Å². The van der Waals surface area contributed by atoms with E-state index in [2.05, 4.69) is 5.32 Å². The van der Waals surface area contributed by atoms with Crippen molar-refractivity contribution in [3.05, 3.63) is 59.4 Å². The van der Waals surface area contributed by atoms with Crippen LogP contribution < -0.4 is 5.32 Å². The van der Waals surface area contributed by atoms with Crippen LogP contribution in [-0.4, -0.2) is 49.1 Å². The molecule has 1 aliphatic heterocycles. The summed E-state index contributed by atoms with van der Waals surface area (Å²) in [5.41, 5.74) is -1.06. The van der Waals surface area contributed by atoms with Crippen LogP contribution in [0.2, 0.25) is 0 Å². The predicted octanol–water partition coefficient (Wildman–Crippen LogP) is 3.11. The number of aliphatic hydroxyl groups is 1. The maximum absolute atomic E-state index is 13.7. The molecular formula is C19H18F4N2O4S. The standard InChI is InChI=1S/C19H18F4N2O4S/c20-15-5-4-12(9-14(15)18(22)23)24-19(27)11-2-1-3-13(8-11)30(28,29)25-7-6-17(26)16(21)10-25/h1-5,8-9,16-18,26H,6-7,10H2,(H,24,27). The molecule has 0 saturated carbocycles. The fraction of sp³-hybridized carbons (Fsp3) is 0.316. The molecule has 0 aromatic heterocycles. The minimum Gasteiger partial charge on any atom is -0.390 e. The second-order valence-electron chi connectivity index (χ2n) is 6.75. The summed E-state index contributed by atoms with van der Waals surface area (Å²) in [4.78, 5) is 12.2. The van der Waals surface area contributed by atoms with Gasteiger partial charge in [-0.2, -0.15) is 4.31 Å². The number of aliphatic hydroxyl groups excluding tert-OH is 1. The van der Waals surface area contributed by atoms with E-state index >= 15 is 0 Å². The van der Waals surface area contributed by atoms with Gasteiger partial charge in [-0.05, 0) is 42.8 Å². The van der Waals surface area contributed by atoms with Crippen LogP contribution in [-0.2, 0) is 10.0 Å². The second-order valence-corrected chi connectivity index (χ2v) is 8.69. The van der Waals surface area contributed by atoms with Gasteiger partial charge in [-0.1, -0.05) is 6.07 Å². The van der Waals surface area contributed by atoms with E-state index in [1.165, 1.54) is 18.2 Å². The lowest BCUT2D eigenvalue weighted by Crippen LogP contribution is -2.47. The first-order valence-electron chi connectivity index (χ1n) is 8.91. The van der Waals surface area contributed by atoms with Gasteiger partial charge in [0.25, 0.3) is 12.3 Å². The molecule has 0 aliphatic carbocycles. The molecule has 1 heterocycles. The number of benzene rings is 2. The summed E-state index contributed by atoms with van der Waals surface area (Å²) in [6.45, 7) is -0.585. The lowest BCUT2D eigenvalue weighted by molar-refractivity contribution is 0.0303. The first kappa shape index (κ1) is 22.2. The minimum absolute atomic E-state index is 0.0579. The number of alkyl halides is 3. The Morgan fingerprint density at radius 3 is 2.60 bits per heavy atom. The number of hydrogen-bond donors (Lipinski definition) is 2. The maximum atomic E-state index is 13.7. The number of piperidine rings is 1. The third-order valence-corrected chi connectivity index (χ3v) is 6.55. The molecule has 162 valence electrons. The van der Waals surface area contributed by atoms with Crippen molar-refractivity contribution in [1.29, 1.82) is 0 Å². The highest BCUT2D eigenvalue weighted by Gasteiger charge is 2.35. The Bertz CT molecular complexity index is 1050. The smallest absolute Gasteiger partial charge is 0.266 e. The summed E-state index contributed by atoms with van der Waals surface area (Å²) >= 11 is 0. The van der Waals surface area contributed by atoms with Gasteiger partial charge in [0.05, 0.1) is 16.6 Å². The Morgan fingerprint density at radius 1 is 1.20 bits per heavy atom. The Morgan fingerprint density at radius 2 is 1.93 bits per heavy atom. The van der Waals surface area contributed by atoms with Crippen molar-refractivity contribution in [2.75, 3.05) is 18.4 Å². The topological polar surface area (TPSA) is 86.7 Å². The van der Waals surface area contributed by atoms with E-state index in [9.17, 15) is 35.9 Å². The van der Waals surface area contributed by atoms with Crippen molar-refractivity contribution in [2.45, 2.75) is 30.0 Å². The molecule has 0 radical (unpaired) electrons. The summed E-state index contributed by atoms with van der Waals surface area (Å²) in [7, 11) is -4.12. The first-order valence-corrected chi connectivity index (χ1v) is 10.3. The molecule has 2 aromatic rings. The average Bonchev–Trinajstić information content (AvgIpc) is 2.71. The van der Waals surface area contributed by atoms with Gasteiger partial charge in [-0.3, -0.25) is 4.79 Å². The largest absolute Gasteiger partial charge is 0.390 e. The van der Waals surface area contributed by atoms with Gasteiger partial charge >= 0.3 is 0 Å². The van der Waals surface area contributed by atoms with Crippen LogP contribution in [0.5, 0.6) is 0 Å². The van der Waals surface area contributed by atoms with Crippen LogP contribution in [0.4, 0.5) is 23.2 Å². The summed E-state index contributed by atoms with van der Waals surface area (Å²) in [6, 6.07) is 7.60. The molecule has 6 nitrogen and oxygen atoms in total. The quantitative estimate of drug-likeness (QED) is 0.691. The van der Waals surface area contributed by atoms with Crippen LogP contribution in [0.3, 0.4) is 0 Å². The third-order valence-electron chi connectivity index (χ3n) is 4.69. The van der Waals surface area contributed by atoms with Crippen molar-refractivity contribution in [3.8, 4) is 0 Å². The van der Waals surface area contributed by atoms with Crippen LogP contribution in [0, 0.1) is 5.82 Å². The van der Waals surface area contributed by atoms with Gasteiger partial charge in [0, 0.05) is 24.3 Å². The number of anilines is 1. The number of nitrogens with one attached hydrogen (secondary N) is 1. The molecule has 1 amide bonds. The Labute approximate surface area is 170 Å². The van der Waals surface area contributed by atoms with Gasteiger partial charge < -0.3 is 10.4 Å². The number of carbonyl (C=O) groups excluding carboxylic acids is 1. The highest BCUT2D eigenvalue weighted by Crippen LogP contribution is 2.26. The SMILES string of the molecule is O=C(Nc1ccc(F)c(C(F)F)c1)c1cccc(S(=O)(=O)N2CCC(O)C(F)C2)c1.